The number of carbonyl (C=O) groups excluding carboxylic acids is 2. The van der Waals surface area contributed by atoms with Crippen molar-refractivity contribution in [3.63, 3.8) is 0 Å². The van der Waals surface area contributed by atoms with Gasteiger partial charge >= 0.3 is 12.1 Å². The summed E-state index contributed by atoms with van der Waals surface area (Å²) < 4.78 is 60.4. The van der Waals surface area contributed by atoms with Gasteiger partial charge in [0, 0.05) is 30.8 Å². The van der Waals surface area contributed by atoms with Crippen LogP contribution in [0.3, 0.4) is 0 Å². The number of aryl methyl sites for hydroxylation is 1. The van der Waals surface area contributed by atoms with E-state index >= 15 is 0 Å². The van der Waals surface area contributed by atoms with Crippen molar-refractivity contribution in [2.75, 3.05) is 19.0 Å². The molecule has 0 saturated carbocycles. The number of alkyl halides is 3. The number of aromatic amines is 1. The van der Waals surface area contributed by atoms with Gasteiger partial charge in [-0.05, 0) is 51.0 Å². The number of esters is 1. The first-order chi connectivity index (χ1) is 17.9. The molecule has 0 bridgehead atoms. The van der Waals surface area contributed by atoms with Crippen molar-refractivity contribution in [3.05, 3.63) is 70.8 Å². The quantitative estimate of drug-likeness (QED) is 0.340. The van der Waals surface area contributed by atoms with Gasteiger partial charge in [-0.2, -0.15) is 18.3 Å². The second kappa shape index (κ2) is 10.4. The molecule has 2 N–H and O–H groups in total. The minimum Gasteiger partial charge on any atom is -0.469 e. The number of H-pyrrole nitrogens is 1. The van der Waals surface area contributed by atoms with Crippen LogP contribution in [-0.2, 0) is 22.1 Å². The van der Waals surface area contributed by atoms with Crippen molar-refractivity contribution in [1.82, 2.24) is 20.1 Å². The molecule has 1 aliphatic heterocycles. The molecule has 0 radical (unpaired) electrons. The van der Waals surface area contributed by atoms with Crippen LogP contribution in [0.5, 0.6) is 0 Å². The third-order valence-corrected chi connectivity index (χ3v) is 6.78. The Labute approximate surface area is 216 Å². The standard InChI is InChI=1S/C26H27F4N5O3/c1-15-12-22(34-33-15)32-21-9-8-19(27)20(31-21)14-25(24(37)38-3)10-11-35(16(2)13-25)23(36)17-6-4-5-7-18(17)26(28,29)30/h4-9,12,16H,10-11,13-14H2,1-3H3,(H2,31,32,33,34)/t16-,25?/m1/s1. The van der Waals surface area contributed by atoms with Crippen molar-refractivity contribution >= 4 is 23.5 Å². The summed E-state index contributed by atoms with van der Waals surface area (Å²) >= 11 is 0. The topological polar surface area (TPSA) is 100 Å². The maximum Gasteiger partial charge on any atom is 0.417 e. The number of likely N-dealkylation sites (tertiary alicyclic amines) is 1. The smallest absolute Gasteiger partial charge is 0.417 e. The predicted molar refractivity (Wildman–Crippen MR) is 130 cm³/mol. The lowest BCUT2D eigenvalue weighted by Crippen LogP contribution is -2.52. The van der Waals surface area contributed by atoms with Crippen LogP contribution in [0.15, 0.2) is 42.5 Å². The van der Waals surface area contributed by atoms with Crippen LogP contribution in [0, 0.1) is 18.2 Å². The fourth-order valence-electron chi connectivity index (χ4n) is 4.95. The maximum atomic E-state index is 14.8. The van der Waals surface area contributed by atoms with Crippen LogP contribution >= 0.6 is 0 Å². The molecule has 2 atom stereocenters. The van der Waals surface area contributed by atoms with E-state index < -0.39 is 46.5 Å². The molecule has 3 heterocycles. The number of benzene rings is 1. The van der Waals surface area contributed by atoms with Gasteiger partial charge in [-0.1, -0.05) is 12.1 Å². The average Bonchev–Trinajstić information content (AvgIpc) is 3.29. The van der Waals surface area contributed by atoms with Crippen molar-refractivity contribution in [2.24, 2.45) is 5.41 Å². The van der Waals surface area contributed by atoms with Gasteiger partial charge in [0.15, 0.2) is 5.82 Å². The van der Waals surface area contributed by atoms with Crippen LogP contribution in [-0.4, -0.2) is 51.7 Å². The highest BCUT2D eigenvalue weighted by atomic mass is 19.4. The van der Waals surface area contributed by atoms with Crippen molar-refractivity contribution in [2.45, 2.75) is 45.3 Å². The molecule has 0 aliphatic carbocycles. The zero-order chi connectivity index (χ0) is 27.7. The Morgan fingerprint density at radius 3 is 2.58 bits per heavy atom. The molecule has 2 aromatic heterocycles. The molecule has 4 rings (SSSR count). The van der Waals surface area contributed by atoms with Gasteiger partial charge in [-0.15, -0.1) is 0 Å². The number of halogens is 4. The van der Waals surface area contributed by atoms with Crippen LogP contribution < -0.4 is 5.32 Å². The number of ether oxygens (including phenoxy) is 1. The number of hydrogen-bond acceptors (Lipinski definition) is 6. The SMILES string of the molecule is COC(=O)C1(Cc2nc(Nc3cc(C)[nH]n3)ccc2F)CCN(C(=O)c2ccccc2C(F)(F)F)[C@H](C)C1. The number of rotatable bonds is 6. The molecule has 38 heavy (non-hydrogen) atoms. The summed E-state index contributed by atoms with van der Waals surface area (Å²) in [6.07, 6.45) is -4.71. The van der Waals surface area contributed by atoms with E-state index in [4.69, 9.17) is 4.74 Å². The fourth-order valence-corrected chi connectivity index (χ4v) is 4.95. The van der Waals surface area contributed by atoms with E-state index in [0.717, 1.165) is 17.8 Å². The summed E-state index contributed by atoms with van der Waals surface area (Å²) in [4.78, 5) is 31.8. The van der Waals surface area contributed by atoms with E-state index in [-0.39, 0.29) is 31.5 Å². The second-order valence-electron chi connectivity index (χ2n) is 9.48. The number of methoxy groups -OCH3 is 1. The Balaban J connectivity index is 1.59. The zero-order valence-corrected chi connectivity index (χ0v) is 21.0. The Kier molecular flexibility index (Phi) is 7.43. The summed E-state index contributed by atoms with van der Waals surface area (Å²) in [6, 6.07) is 8.37. The number of aromatic nitrogens is 3. The molecule has 1 fully saturated rings. The van der Waals surface area contributed by atoms with Crippen molar-refractivity contribution in [1.29, 1.82) is 0 Å². The van der Waals surface area contributed by atoms with E-state index in [1.165, 1.54) is 36.3 Å². The first-order valence-corrected chi connectivity index (χ1v) is 11.9. The van der Waals surface area contributed by atoms with Gasteiger partial charge in [0.2, 0.25) is 0 Å². The monoisotopic (exact) mass is 533 g/mol. The molecule has 1 saturated heterocycles. The number of hydrogen-bond donors (Lipinski definition) is 2. The summed E-state index contributed by atoms with van der Waals surface area (Å²) in [7, 11) is 1.22. The predicted octanol–water partition coefficient (Wildman–Crippen LogP) is 5.04. The third-order valence-electron chi connectivity index (χ3n) is 6.78. The molecular formula is C26H27F4N5O3. The number of nitrogens with one attached hydrogen (secondary N) is 2. The number of anilines is 2. The molecule has 1 aliphatic rings. The Morgan fingerprint density at radius 2 is 1.95 bits per heavy atom. The zero-order valence-electron chi connectivity index (χ0n) is 21.0. The largest absolute Gasteiger partial charge is 0.469 e. The van der Waals surface area contributed by atoms with Gasteiger partial charge in [-0.3, -0.25) is 14.7 Å². The van der Waals surface area contributed by atoms with Crippen LogP contribution in [0.2, 0.25) is 0 Å². The first-order valence-electron chi connectivity index (χ1n) is 11.9. The number of amides is 1. The minimum absolute atomic E-state index is 0.0158. The summed E-state index contributed by atoms with van der Waals surface area (Å²) in [5.74, 6) is -1.21. The highest BCUT2D eigenvalue weighted by Crippen LogP contribution is 2.41. The van der Waals surface area contributed by atoms with E-state index in [0.29, 0.717) is 11.6 Å². The highest BCUT2D eigenvalue weighted by molar-refractivity contribution is 5.96. The average molecular weight is 534 g/mol. The fraction of sp³-hybridized carbons (Fsp3) is 0.385. The Morgan fingerprint density at radius 1 is 1.21 bits per heavy atom. The third kappa shape index (κ3) is 5.48. The molecule has 202 valence electrons. The number of carbonyl (C=O) groups is 2. The summed E-state index contributed by atoms with van der Waals surface area (Å²) in [5, 5.41) is 9.81. The molecule has 1 unspecified atom stereocenters. The lowest BCUT2D eigenvalue weighted by molar-refractivity contribution is -0.156. The Hall–Kier alpha value is -3.96. The number of nitrogens with zero attached hydrogens (tertiary/aromatic N) is 3. The summed E-state index contributed by atoms with van der Waals surface area (Å²) in [6.45, 7) is 3.45. The number of piperidine rings is 1. The van der Waals surface area contributed by atoms with Crippen molar-refractivity contribution < 1.29 is 31.9 Å². The molecule has 0 spiro atoms. The summed E-state index contributed by atoms with van der Waals surface area (Å²) in [5.41, 5.74) is -1.89. The minimum atomic E-state index is -4.70. The van der Waals surface area contributed by atoms with Gasteiger partial charge < -0.3 is 15.0 Å². The van der Waals surface area contributed by atoms with Gasteiger partial charge in [-0.25, -0.2) is 9.37 Å². The molecule has 3 aromatic rings. The molecule has 1 aromatic carbocycles. The van der Waals surface area contributed by atoms with Gasteiger partial charge in [0.05, 0.1) is 29.3 Å². The van der Waals surface area contributed by atoms with Crippen LogP contribution in [0.1, 0.15) is 47.1 Å². The lowest BCUT2D eigenvalue weighted by atomic mass is 9.72. The van der Waals surface area contributed by atoms with Crippen LogP contribution in [0.25, 0.3) is 0 Å². The highest BCUT2D eigenvalue weighted by Gasteiger charge is 2.48. The Bertz CT molecular complexity index is 1340. The normalized spacial score (nSPS) is 19.8. The molecular weight excluding hydrogens is 506 g/mol. The molecule has 12 heteroatoms. The maximum absolute atomic E-state index is 14.8. The second-order valence-corrected chi connectivity index (χ2v) is 9.48. The first kappa shape index (κ1) is 27.1. The van der Waals surface area contributed by atoms with Gasteiger partial charge in [0.25, 0.3) is 5.91 Å². The molecule has 1 amide bonds. The number of pyridine rings is 1. The van der Waals surface area contributed by atoms with Crippen molar-refractivity contribution in [3.8, 4) is 0 Å². The van der Waals surface area contributed by atoms with E-state index in [1.54, 1.807) is 13.0 Å². The molecule has 8 nitrogen and oxygen atoms in total. The van der Waals surface area contributed by atoms with Crippen LogP contribution in [0.4, 0.5) is 29.2 Å². The lowest BCUT2D eigenvalue weighted by Gasteiger charge is -2.44. The van der Waals surface area contributed by atoms with Gasteiger partial charge in [0.1, 0.15) is 11.6 Å². The van der Waals surface area contributed by atoms with E-state index in [9.17, 15) is 27.2 Å². The van der Waals surface area contributed by atoms with E-state index in [1.807, 2.05) is 6.92 Å². The van der Waals surface area contributed by atoms with E-state index in [2.05, 4.69) is 20.5 Å².